The smallest absolute Gasteiger partial charge is 0.146 e. The van der Waals surface area contributed by atoms with Gasteiger partial charge in [0.1, 0.15) is 11.2 Å². The summed E-state index contributed by atoms with van der Waals surface area (Å²) in [7, 11) is 0. The Morgan fingerprint density at radius 2 is 1.04 bits per heavy atom. The largest absolute Gasteiger partial charge is 0.309 e. The maximum atomic E-state index is 5.14. The topological polar surface area (TPSA) is 52.9 Å². The van der Waals surface area contributed by atoms with Crippen molar-refractivity contribution in [1.82, 2.24) is 28.5 Å². The molecule has 0 N–H and O–H groups in total. The molecule has 0 saturated heterocycles. The second-order valence-corrected chi connectivity index (χ2v) is 12.1. The van der Waals surface area contributed by atoms with Crippen LogP contribution in [0.15, 0.2) is 146 Å². The van der Waals surface area contributed by atoms with Gasteiger partial charge in [-0.2, -0.15) is 0 Å². The summed E-state index contributed by atoms with van der Waals surface area (Å²) < 4.78 is 7.11. The molecule has 0 aliphatic carbocycles. The Morgan fingerprint density at radius 1 is 0.404 bits per heavy atom. The summed E-state index contributed by atoms with van der Waals surface area (Å²) in [6, 6.07) is 43.5. The van der Waals surface area contributed by atoms with Gasteiger partial charge in [0.15, 0.2) is 0 Å². The van der Waals surface area contributed by atoms with Gasteiger partial charge in [0.05, 0.1) is 45.5 Å². The summed E-state index contributed by atoms with van der Waals surface area (Å²) in [4.78, 5) is 14.1. The van der Waals surface area contributed by atoms with Crippen LogP contribution in [0.25, 0.3) is 93.3 Å². The van der Waals surface area contributed by atoms with Gasteiger partial charge in [0.2, 0.25) is 0 Å². The minimum Gasteiger partial charge on any atom is -0.309 e. The Morgan fingerprint density at radius 3 is 1.87 bits per heavy atom. The number of fused-ring (bicyclic) bond motifs is 16. The summed E-state index contributed by atoms with van der Waals surface area (Å²) >= 11 is 0. The Hall–Kier alpha value is -6.53. The summed E-state index contributed by atoms with van der Waals surface area (Å²) in [6.45, 7) is 0. The van der Waals surface area contributed by atoms with Crippen molar-refractivity contribution in [3.8, 4) is 11.4 Å². The average Bonchev–Trinajstić information content (AvgIpc) is 3.80. The van der Waals surface area contributed by atoms with E-state index in [9.17, 15) is 0 Å². The molecule has 6 aromatic heterocycles. The van der Waals surface area contributed by atoms with Crippen molar-refractivity contribution >= 4 is 82.0 Å². The Bertz CT molecular complexity index is 3060. The van der Waals surface area contributed by atoms with Crippen molar-refractivity contribution < 1.29 is 0 Å². The molecule has 11 rings (SSSR count). The van der Waals surface area contributed by atoms with Gasteiger partial charge in [0, 0.05) is 61.5 Å². The summed E-state index contributed by atoms with van der Waals surface area (Å²) in [5.41, 5.74) is 10.8. The van der Waals surface area contributed by atoms with E-state index in [4.69, 9.17) is 4.98 Å². The van der Waals surface area contributed by atoms with E-state index in [0.29, 0.717) is 0 Å². The standard InChI is InChI=1S/C41H24N6/c1-3-9-25(10-4-1)45-33-14-8-7-13-29(33)38-35(45)18-17-28-27-15-16-31-37(39(27)46(40(28)38)26-11-5-2-6-12-26)30-19-21-43-24-36(30)47-34-20-22-42-23-32(34)44-41(31)47/h1-24H. The van der Waals surface area contributed by atoms with E-state index >= 15 is 0 Å². The maximum absolute atomic E-state index is 5.14. The number of nitrogens with zero attached hydrogens (tertiary/aromatic N) is 6. The Balaban J connectivity index is 1.44. The van der Waals surface area contributed by atoms with Gasteiger partial charge in [-0.25, -0.2) is 4.98 Å². The van der Waals surface area contributed by atoms with E-state index in [0.717, 1.165) is 55.2 Å². The van der Waals surface area contributed by atoms with Gasteiger partial charge in [-0.15, -0.1) is 0 Å². The molecule has 0 unspecified atom stereocenters. The molecule has 0 aliphatic heterocycles. The lowest BCUT2D eigenvalue weighted by Gasteiger charge is -2.13. The monoisotopic (exact) mass is 600 g/mol. The van der Waals surface area contributed by atoms with Crippen LogP contribution in [-0.2, 0) is 0 Å². The van der Waals surface area contributed by atoms with E-state index in [2.05, 4.69) is 139 Å². The quantitative estimate of drug-likeness (QED) is 0.186. The SMILES string of the molecule is c1ccc(-n2c3ccccc3c3c2ccc2c4ccc5c(c6ccncc6n6c7ccncc7nc56)c4n(-c4ccccc4)c23)cc1. The number of pyridine rings is 3. The fourth-order valence-electron chi connectivity index (χ4n) is 7.93. The van der Waals surface area contributed by atoms with Gasteiger partial charge in [-0.3, -0.25) is 14.4 Å². The van der Waals surface area contributed by atoms with Crippen molar-refractivity contribution in [2.45, 2.75) is 0 Å². The molecule has 0 fully saturated rings. The zero-order valence-corrected chi connectivity index (χ0v) is 25.0. The molecule has 0 amide bonds. The minimum absolute atomic E-state index is 0.865. The molecule has 0 aliphatic rings. The summed E-state index contributed by atoms with van der Waals surface area (Å²) in [5.74, 6) is 0. The van der Waals surface area contributed by atoms with Crippen LogP contribution < -0.4 is 0 Å². The lowest BCUT2D eigenvalue weighted by Crippen LogP contribution is -1.97. The van der Waals surface area contributed by atoms with Crippen molar-refractivity contribution in [2.24, 2.45) is 0 Å². The maximum Gasteiger partial charge on any atom is 0.146 e. The van der Waals surface area contributed by atoms with Gasteiger partial charge >= 0.3 is 0 Å². The molecule has 0 bridgehead atoms. The van der Waals surface area contributed by atoms with Crippen LogP contribution in [0.4, 0.5) is 0 Å². The summed E-state index contributed by atoms with van der Waals surface area (Å²) in [6.07, 6.45) is 7.53. The van der Waals surface area contributed by atoms with E-state index in [-0.39, 0.29) is 0 Å². The second kappa shape index (κ2) is 9.02. The third-order valence-corrected chi connectivity index (χ3v) is 9.76. The first-order valence-corrected chi connectivity index (χ1v) is 15.8. The van der Waals surface area contributed by atoms with Gasteiger partial charge in [0.25, 0.3) is 0 Å². The molecule has 0 atom stereocenters. The zero-order chi connectivity index (χ0) is 30.6. The number of hydrogen-bond acceptors (Lipinski definition) is 3. The molecule has 5 aromatic carbocycles. The van der Waals surface area contributed by atoms with Crippen LogP contribution in [0.5, 0.6) is 0 Å². The highest BCUT2D eigenvalue weighted by Crippen LogP contribution is 2.45. The second-order valence-electron chi connectivity index (χ2n) is 12.1. The third-order valence-electron chi connectivity index (χ3n) is 9.76. The molecule has 0 saturated carbocycles. The van der Waals surface area contributed by atoms with E-state index < -0.39 is 0 Å². The minimum atomic E-state index is 0.865. The number of imidazole rings is 1. The van der Waals surface area contributed by atoms with Crippen molar-refractivity contribution in [1.29, 1.82) is 0 Å². The van der Waals surface area contributed by atoms with Gasteiger partial charge in [-0.05, 0) is 54.6 Å². The van der Waals surface area contributed by atoms with E-state index in [1.54, 1.807) is 0 Å². The molecule has 0 radical (unpaired) electrons. The first-order valence-electron chi connectivity index (χ1n) is 15.8. The number of benzene rings is 5. The van der Waals surface area contributed by atoms with E-state index in [1.165, 1.54) is 38.1 Å². The van der Waals surface area contributed by atoms with Crippen molar-refractivity contribution in [3.63, 3.8) is 0 Å². The highest BCUT2D eigenvalue weighted by molar-refractivity contribution is 6.32. The lowest BCUT2D eigenvalue weighted by molar-refractivity contribution is 1.18. The Kier molecular flexibility index (Phi) is 4.75. The van der Waals surface area contributed by atoms with Crippen molar-refractivity contribution in [3.05, 3.63) is 146 Å². The van der Waals surface area contributed by atoms with Gasteiger partial charge in [-0.1, -0.05) is 66.7 Å². The zero-order valence-electron chi connectivity index (χ0n) is 25.0. The predicted molar refractivity (Wildman–Crippen MR) is 192 cm³/mol. The molecule has 6 nitrogen and oxygen atoms in total. The van der Waals surface area contributed by atoms with Crippen LogP contribution in [0.2, 0.25) is 0 Å². The molecule has 218 valence electrons. The van der Waals surface area contributed by atoms with Crippen LogP contribution in [0.3, 0.4) is 0 Å². The first kappa shape index (κ1) is 24.8. The van der Waals surface area contributed by atoms with E-state index in [1.807, 2.05) is 30.9 Å². The number of aromatic nitrogens is 6. The number of hydrogen-bond donors (Lipinski definition) is 0. The molecule has 47 heavy (non-hydrogen) atoms. The average molecular weight is 601 g/mol. The number of rotatable bonds is 2. The van der Waals surface area contributed by atoms with Crippen molar-refractivity contribution in [2.75, 3.05) is 0 Å². The molecular formula is C41H24N6. The molecule has 6 heterocycles. The molecule has 11 aromatic rings. The van der Waals surface area contributed by atoms with Crippen LogP contribution in [0.1, 0.15) is 0 Å². The molecule has 6 heteroatoms. The fraction of sp³-hybridized carbons (Fsp3) is 0. The Labute approximate surface area is 267 Å². The third kappa shape index (κ3) is 3.16. The van der Waals surface area contributed by atoms with Crippen LogP contribution in [0, 0.1) is 0 Å². The lowest BCUT2D eigenvalue weighted by atomic mass is 10.0. The van der Waals surface area contributed by atoms with Gasteiger partial charge < -0.3 is 9.13 Å². The van der Waals surface area contributed by atoms with Crippen LogP contribution in [-0.4, -0.2) is 28.5 Å². The fourth-order valence-corrected chi connectivity index (χ4v) is 7.93. The predicted octanol–water partition coefficient (Wildman–Crippen LogP) is 9.78. The highest BCUT2D eigenvalue weighted by Gasteiger charge is 2.24. The first-order chi connectivity index (χ1) is 23.4. The highest BCUT2D eigenvalue weighted by atomic mass is 15.0. The molecular weight excluding hydrogens is 576 g/mol. The normalized spacial score (nSPS) is 12.3. The molecule has 0 spiro atoms. The summed E-state index contributed by atoms with van der Waals surface area (Å²) in [5, 5.41) is 8.27. The van der Waals surface area contributed by atoms with Crippen LogP contribution >= 0.6 is 0 Å². The number of para-hydroxylation sites is 3.